The summed E-state index contributed by atoms with van der Waals surface area (Å²) in [4.78, 5) is 11.7. The van der Waals surface area contributed by atoms with Crippen molar-refractivity contribution in [2.75, 3.05) is 13.1 Å². The third-order valence-electron chi connectivity index (χ3n) is 4.91. The Morgan fingerprint density at radius 3 is 2.48 bits per heavy atom. The molecule has 1 amide bonds. The molecule has 0 aromatic heterocycles. The maximum Gasteiger partial charge on any atom is 0.407 e. The monoisotopic (exact) mass is 296 g/mol. The van der Waals surface area contributed by atoms with Crippen LogP contribution in [0.5, 0.6) is 0 Å². The fourth-order valence-electron chi connectivity index (χ4n) is 3.30. The van der Waals surface area contributed by atoms with E-state index in [1.807, 2.05) is 20.8 Å². The summed E-state index contributed by atoms with van der Waals surface area (Å²) in [7, 11) is 0. The molecule has 0 radical (unpaired) electrons. The quantitative estimate of drug-likeness (QED) is 0.818. The second kappa shape index (κ2) is 6.15. The minimum atomic E-state index is -0.422. The number of carbonyl (C=O) groups excluding carboxylic acids is 1. The van der Waals surface area contributed by atoms with Crippen LogP contribution in [0.3, 0.4) is 0 Å². The molecule has 0 spiro atoms. The van der Waals surface area contributed by atoms with Crippen LogP contribution < -0.4 is 10.6 Å². The van der Waals surface area contributed by atoms with Gasteiger partial charge >= 0.3 is 6.09 Å². The van der Waals surface area contributed by atoms with Crippen molar-refractivity contribution in [1.29, 1.82) is 0 Å². The zero-order chi connectivity index (χ0) is 15.7. The topological polar surface area (TPSA) is 50.4 Å². The Morgan fingerprint density at radius 1 is 1.24 bits per heavy atom. The van der Waals surface area contributed by atoms with Crippen molar-refractivity contribution < 1.29 is 9.53 Å². The van der Waals surface area contributed by atoms with Crippen molar-refractivity contribution in [1.82, 2.24) is 10.6 Å². The average Bonchev–Trinajstić information content (AvgIpc) is 2.75. The highest BCUT2D eigenvalue weighted by Gasteiger charge is 2.45. The zero-order valence-corrected chi connectivity index (χ0v) is 14.3. The highest BCUT2D eigenvalue weighted by atomic mass is 16.6. The van der Waals surface area contributed by atoms with Gasteiger partial charge in [0.2, 0.25) is 0 Å². The van der Waals surface area contributed by atoms with E-state index in [1.165, 1.54) is 25.7 Å². The first-order valence-corrected chi connectivity index (χ1v) is 8.37. The van der Waals surface area contributed by atoms with Gasteiger partial charge in [-0.1, -0.05) is 20.3 Å². The van der Waals surface area contributed by atoms with E-state index in [0.717, 1.165) is 19.0 Å². The van der Waals surface area contributed by atoms with Crippen molar-refractivity contribution in [3.63, 3.8) is 0 Å². The molecule has 0 aliphatic heterocycles. The fraction of sp³-hybridized carbons (Fsp3) is 0.941. The normalized spacial score (nSPS) is 31.0. The Kier molecular flexibility index (Phi) is 4.86. The molecule has 122 valence electrons. The molecule has 21 heavy (non-hydrogen) atoms. The van der Waals surface area contributed by atoms with Gasteiger partial charge in [0.05, 0.1) is 0 Å². The molecule has 2 aliphatic rings. The molecule has 3 atom stereocenters. The molecule has 2 saturated carbocycles. The first kappa shape index (κ1) is 16.6. The lowest BCUT2D eigenvalue weighted by Crippen LogP contribution is -2.41. The van der Waals surface area contributed by atoms with Gasteiger partial charge in [0.1, 0.15) is 5.60 Å². The Hall–Kier alpha value is -0.770. The van der Waals surface area contributed by atoms with Crippen LogP contribution in [-0.2, 0) is 4.74 Å². The van der Waals surface area contributed by atoms with Crippen LogP contribution in [0.25, 0.3) is 0 Å². The van der Waals surface area contributed by atoms with Crippen LogP contribution in [-0.4, -0.2) is 30.8 Å². The van der Waals surface area contributed by atoms with Gasteiger partial charge in [-0.05, 0) is 63.8 Å². The van der Waals surface area contributed by atoms with E-state index < -0.39 is 5.60 Å². The Balaban J connectivity index is 1.68. The molecule has 3 unspecified atom stereocenters. The van der Waals surface area contributed by atoms with Gasteiger partial charge in [0.25, 0.3) is 0 Å². The lowest BCUT2D eigenvalue weighted by atomic mass is 10.0. The lowest BCUT2D eigenvalue weighted by molar-refractivity contribution is 0.0517. The molecule has 0 saturated heterocycles. The first-order valence-electron chi connectivity index (χ1n) is 8.37. The van der Waals surface area contributed by atoms with Gasteiger partial charge < -0.3 is 15.4 Å². The molecular formula is C17H32N2O2. The number of hydrogen-bond donors (Lipinski definition) is 2. The Bertz CT molecular complexity index is 373. The summed E-state index contributed by atoms with van der Waals surface area (Å²) in [6.45, 7) is 12.2. The molecule has 4 heteroatoms. The predicted octanol–water partition coefficient (Wildman–Crippen LogP) is 3.32. The van der Waals surface area contributed by atoms with Crippen LogP contribution >= 0.6 is 0 Å². The molecule has 0 aromatic rings. The second-order valence-electron chi connectivity index (χ2n) is 8.48. The van der Waals surface area contributed by atoms with E-state index in [0.29, 0.717) is 17.4 Å². The van der Waals surface area contributed by atoms with Gasteiger partial charge in [-0.3, -0.25) is 0 Å². The van der Waals surface area contributed by atoms with E-state index in [9.17, 15) is 4.79 Å². The molecular weight excluding hydrogens is 264 g/mol. The van der Waals surface area contributed by atoms with Crippen LogP contribution in [0, 0.1) is 17.3 Å². The van der Waals surface area contributed by atoms with Crippen molar-refractivity contribution >= 4 is 6.09 Å². The smallest absolute Gasteiger partial charge is 0.407 e. The summed E-state index contributed by atoms with van der Waals surface area (Å²) in [6, 6.07) is 0.552. The molecule has 2 rings (SSSR count). The Labute approximate surface area is 129 Å². The SMILES string of the molecule is CC(C)(C)OC(=O)NCC1CCCC1NCC1CC1(C)C. The molecule has 0 aromatic carbocycles. The summed E-state index contributed by atoms with van der Waals surface area (Å²) < 4.78 is 5.30. The Morgan fingerprint density at radius 2 is 1.90 bits per heavy atom. The predicted molar refractivity (Wildman–Crippen MR) is 85.3 cm³/mol. The highest BCUT2D eigenvalue weighted by molar-refractivity contribution is 5.67. The number of ether oxygens (including phenoxy) is 1. The number of carbonyl (C=O) groups is 1. The number of rotatable bonds is 5. The lowest BCUT2D eigenvalue weighted by Gasteiger charge is -2.24. The second-order valence-corrected chi connectivity index (χ2v) is 8.48. The van der Waals surface area contributed by atoms with Crippen LogP contribution in [0.4, 0.5) is 4.79 Å². The van der Waals surface area contributed by atoms with Crippen molar-refractivity contribution in [3.05, 3.63) is 0 Å². The van der Waals surface area contributed by atoms with Crippen LogP contribution in [0.1, 0.15) is 60.3 Å². The number of nitrogens with one attached hydrogen (secondary N) is 2. The highest BCUT2D eigenvalue weighted by Crippen LogP contribution is 2.51. The third-order valence-corrected chi connectivity index (χ3v) is 4.91. The molecule has 2 aliphatic carbocycles. The van der Waals surface area contributed by atoms with E-state index in [-0.39, 0.29) is 6.09 Å². The van der Waals surface area contributed by atoms with Crippen molar-refractivity contribution in [3.8, 4) is 0 Å². The number of alkyl carbamates (subject to hydrolysis) is 1. The maximum absolute atomic E-state index is 11.7. The summed E-state index contributed by atoms with van der Waals surface area (Å²) in [5.41, 5.74) is 0.116. The molecule has 2 fully saturated rings. The van der Waals surface area contributed by atoms with Crippen LogP contribution in [0.15, 0.2) is 0 Å². The molecule has 0 heterocycles. The van der Waals surface area contributed by atoms with Crippen LogP contribution in [0.2, 0.25) is 0 Å². The average molecular weight is 296 g/mol. The summed E-state index contributed by atoms with van der Waals surface area (Å²) in [6.07, 6.45) is 4.73. The van der Waals surface area contributed by atoms with Gasteiger partial charge in [0.15, 0.2) is 0 Å². The summed E-state index contributed by atoms with van der Waals surface area (Å²) in [5, 5.41) is 6.66. The van der Waals surface area contributed by atoms with Crippen molar-refractivity contribution in [2.45, 2.75) is 71.9 Å². The van der Waals surface area contributed by atoms with Crippen molar-refractivity contribution in [2.24, 2.45) is 17.3 Å². The van der Waals surface area contributed by atoms with E-state index in [1.54, 1.807) is 0 Å². The van der Waals surface area contributed by atoms with E-state index >= 15 is 0 Å². The van der Waals surface area contributed by atoms with E-state index in [2.05, 4.69) is 24.5 Å². The molecule has 0 bridgehead atoms. The van der Waals surface area contributed by atoms with Gasteiger partial charge in [-0.2, -0.15) is 0 Å². The third kappa shape index (κ3) is 5.17. The van der Waals surface area contributed by atoms with E-state index in [4.69, 9.17) is 4.74 Å². The molecule has 2 N–H and O–H groups in total. The van der Waals surface area contributed by atoms with Gasteiger partial charge in [0, 0.05) is 12.6 Å². The number of hydrogen-bond acceptors (Lipinski definition) is 3. The minimum absolute atomic E-state index is 0.295. The summed E-state index contributed by atoms with van der Waals surface area (Å²) in [5.74, 6) is 1.37. The maximum atomic E-state index is 11.7. The summed E-state index contributed by atoms with van der Waals surface area (Å²) >= 11 is 0. The molecule has 4 nitrogen and oxygen atoms in total. The standard InChI is InChI=1S/C17H32N2O2/c1-16(2,3)21-15(20)19-10-12-7-6-8-14(12)18-11-13-9-17(13,4)5/h12-14,18H,6-11H2,1-5H3,(H,19,20). The first-order chi connectivity index (χ1) is 9.67. The fourth-order valence-corrected chi connectivity index (χ4v) is 3.30. The largest absolute Gasteiger partial charge is 0.444 e. The van der Waals surface area contributed by atoms with Gasteiger partial charge in [-0.15, -0.1) is 0 Å². The number of amides is 1. The minimum Gasteiger partial charge on any atom is -0.444 e. The zero-order valence-electron chi connectivity index (χ0n) is 14.3. The van der Waals surface area contributed by atoms with Gasteiger partial charge in [-0.25, -0.2) is 4.79 Å².